The maximum Gasteiger partial charge on any atom is 0.480 e. The minimum absolute atomic E-state index is 0.171. The van der Waals surface area contributed by atoms with Crippen LogP contribution in [0, 0.1) is 17.3 Å². The van der Waals surface area contributed by atoms with Gasteiger partial charge in [-0.3, -0.25) is 0 Å². The van der Waals surface area contributed by atoms with E-state index in [0.717, 1.165) is 17.9 Å². The number of benzene rings is 1. The lowest BCUT2D eigenvalue weighted by molar-refractivity contribution is -0.199. The van der Waals surface area contributed by atoms with Gasteiger partial charge < -0.3 is 15.0 Å². The molecule has 4 heteroatoms. The van der Waals surface area contributed by atoms with Gasteiger partial charge in [-0.25, -0.2) is 0 Å². The Labute approximate surface area is 127 Å². The number of nitrogens with two attached hydrogens (primary N) is 1. The minimum Gasteiger partial charge on any atom is -0.404 e. The molecule has 112 valence electrons. The van der Waals surface area contributed by atoms with E-state index in [9.17, 15) is 0 Å². The van der Waals surface area contributed by atoms with Crippen LogP contribution in [0.5, 0.6) is 0 Å². The Hall–Kier alpha value is -0.835. The molecule has 0 spiro atoms. The van der Waals surface area contributed by atoms with Crippen LogP contribution < -0.4 is 5.73 Å². The summed E-state index contributed by atoms with van der Waals surface area (Å²) in [5.41, 5.74) is 7.67. The van der Waals surface area contributed by atoms with Gasteiger partial charge >= 0.3 is 7.12 Å². The van der Waals surface area contributed by atoms with Crippen LogP contribution in [0.25, 0.3) is 0 Å². The number of rotatable bonds is 2. The summed E-state index contributed by atoms with van der Waals surface area (Å²) in [5.74, 6) is 1.14. The van der Waals surface area contributed by atoms with Crippen LogP contribution in [0.1, 0.15) is 45.1 Å². The van der Waals surface area contributed by atoms with Crippen LogP contribution in [0.4, 0.5) is 0 Å². The predicted octanol–water partition coefficient (Wildman–Crippen LogP) is 2.95. The van der Waals surface area contributed by atoms with Gasteiger partial charge in [0.05, 0.1) is 17.6 Å². The van der Waals surface area contributed by atoms with E-state index in [-0.39, 0.29) is 24.8 Å². The SMILES string of the molecule is CC1(C)C2CC3OB([C@H](N)c4ccccc4)O[C@]3(C)C1C2. The summed E-state index contributed by atoms with van der Waals surface area (Å²) >= 11 is 0. The van der Waals surface area contributed by atoms with Gasteiger partial charge in [0.1, 0.15) is 0 Å². The molecule has 3 aliphatic carbocycles. The molecule has 1 aliphatic heterocycles. The molecule has 0 aromatic heterocycles. The highest BCUT2D eigenvalue weighted by molar-refractivity contribution is 6.47. The van der Waals surface area contributed by atoms with Gasteiger partial charge in [0.15, 0.2) is 0 Å². The van der Waals surface area contributed by atoms with Crippen LogP contribution >= 0.6 is 0 Å². The molecule has 4 fully saturated rings. The third-order valence-electron chi connectivity index (χ3n) is 6.45. The average molecular weight is 285 g/mol. The highest BCUT2D eigenvalue weighted by atomic mass is 16.7. The van der Waals surface area contributed by atoms with E-state index >= 15 is 0 Å². The highest BCUT2D eigenvalue weighted by Gasteiger charge is 2.68. The molecule has 21 heavy (non-hydrogen) atoms. The first kappa shape index (κ1) is 13.8. The fourth-order valence-corrected chi connectivity index (χ4v) is 4.88. The van der Waals surface area contributed by atoms with Crippen molar-refractivity contribution in [1.82, 2.24) is 0 Å². The molecule has 1 aromatic carbocycles. The van der Waals surface area contributed by atoms with E-state index in [1.165, 1.54) is 6.42 Å². The van der Waals surface area contributed by atoms with Gasteiger partial charge in [0.2, 0.25) is 0 Å². The van der Waals surface area contributed by atoms with Crippen molar-refractivity contribution < 1.29 is 9.31 Å². The molecule has 0 radical (unpaired) electrons. The fourth-order valence-electron chi connectivity index (χ4n) is 4.88. The number of hydrogen-bond acceptors (Lipinski definition) is 3. The van der Waals surface area contributed by atoms with E-state index in [4.69, 9.17) is 15.0 Å². The quantitative estimate of drug-likeness (QED) is 0.850. The van der Waals surface area contributed by atoms with E-state index in [2.05, 4.69) is 20.8 Å². The predicted molar refractivity (Wildman–Crippen MR) is 83.5 cm³/mol. The number of hydrogen-bond donors (Lipinski definition) is 1. The lowest BCUT2D eigenvalue weighted by Gasteiger charge is -2.64. The maximum absolute atomic E-state index is 6.41. The van der Waals surface area contributed by atoms with Gasteiger partial charge in [-0.1, -0.05) is 44.2 Å². The van der Waals surface area contributed by atoms with Gasteiger partial charge in [-0.15, -0.1) is 0 Å². The maximum atomic E-state index is 6.41. The summed E-state index contributed by atoms with van der Waals surface area (Å²) in [7, 11) is -0.322. The summed E-state index contributed by atoms with van der Waals surface area (Å²) in [6.45, 7) is 6.99. The second-order valence-corrected chi connectivity index (χ2v) is 7.77. The molecular weight excluding hydrogens is 261 g/mol. The minimum atomic E-state index is -0.322. The first-order valence-electron chi connectivity index (χ1n) is 8.06. The van der Waals surface area contributed by atoms with Crippen LogP contribution in [-0.4, -0.2) is 18.8 Å². The van der Waals surface area contributed by atoms with Crippen molar-refractivity contribution in [1.29, 1.82) is 0 Å². The molecule has 3 unspecified atom stereocenters. The topological polar surface area (TPSA) is 44.5 Å². The van der Waals surface area contributed by atoms with Crippen molar-refractivity contribution in [3.8, 4) is 0 Å². The van der Waals surface area contributed by atoms with Gasteiger partial charge in [0.25, 0.3) is 0 Å². The molecule has 3 saturated carbocycles. The molecule has 5 atom stereocenters. The molecular formula is C17H24BNO2. The Balaban J connectivity index is 1.57. The van der Waals surface area contributed by atoms with E-state index in [1.54, 1.807) is 0 Å². The Kier molecular flexibility index (Phi) is 2.85. The summed E-state index contributed by atoms with van der Waals surface area (Å²) in [6.07, 6.45) is 2.59. The van der Waals surface area contributed by atoms with Gasteiger partial charge in [0, 0.05) is 0 Å². The van der Waals surface area contributed by atoms with Crippen molar-refractivity contribution in [3.63, 3.8) is 0 Å². The van der Waals surface area contributed by atoms with Crippen molar-refractivity contribution >= 4 is 7.12 Å². The average Bonchev–Trinajstić information content (AvgIpc) is 2.84. The Morgan fingerprint density at radius 3 is 2.57 bits per heavy atom. The van der Waals surface area contributed by atoms with Crippen molar-refractivity contribution in [2.45, 2.75) is 51.3 Å². The lowest BCUT2D eigenvalue weighted by atomic mass is 9.43. The van der Waals surface area contributed by atoms with E-state index < -0.39 is 0 Å². The normalized spacial score (nSPS) is 41.3. The molecule has 2 N–H and O–H groups in total. The Bertz CT molecular complexity index is 549. The third-order valence-corrected chi connectivity index (χ3v) is 6.45. The molecule has 1 saturated heterocycles. The fraction of sp³-hybridized carbons (Fsp3) is 0.647. The smallest absolute Gasteiger partial charge is 0.404 e. The first-order chi connectivity index (χ1) is 9.93. The molecule has 0 amide bonds. The molecule has 4 aliphatic rings. The van der Waals surface area contributed by atoms with Crippen LogP contribution in [0.15, 0.2) is 30.3 Å². The molecule has 5 rings (SSSR count). The Morgan fingerprint density at radius 1 is 1.19 bits per heavy atom. The standard InChI is InChI=1S/C17H24BNO2/c1-16(2)12-9-13(16)17(3)14(10-12)20-18(21-17)15(19)11-7-5-4-6-8-11/h4-8,12-15H,9-10,19H2,1-3H3/t12?,13?,14?,15-,17-/m1/s1. The summed E-state index contributed by atoms with van der Waals surface area (Å²) in [5, 5.41) is 0. The largest absolute Gasteiger partial charge is 0.480 e. The molecule has 2 bridgehead atoms. The lowest BCUT2D eigenvalue weighted by Crippen LogP contribution is -2.65. The zero-order valence-corrected chi connectivity index (χ0v) is 13.1. The molecule has 1 heterocycles. The summed E-state index contributed by atoms with van der Waals surface area (Å²) in [4.78, 5) is 0. The first-order valence-corrected chi connectivity index (χ1v) is 8.06. The van der Waals surface area contributed by atoms with Crippen molar-refractivity contribution in [2.75, 3.05) is 0 Å². The molecule has 3 nitrogen and oxygen atoms in total. The monoisotopic (exact) mass is 285 g/mol. The summed E-state index contributed by atoms with van der Waals surface area (Å²) in [6, 6.07) is 10.1. The van der Waals surface area contributed by atoms with Gasteiger partial charge in [-0.2, -0.15) is 0 Å². The van der Waals surface area contributed by atoms with Crippen molar-refractivity contribution in [3.05, 3.63) is 35.9 Å². The second-order valence-electron chi connectivity index (χ2n) is 7.77. The summed E-state index contributed by atoms with van der Waals surface area (Å²) < 4.78 is 12.6. The zero-order chi connectivity index (χ0) is 14.8. The van der Waals surface area contributed by atoms with Crippen molar-refractivity contribution in [2.24, 2.45) is 23.0 Å². The van der Waals surface area contributed by atoms with Crippen LogP contribution in [-0.2, 0) is 9.31 Å². The van der Waals surface area contributed by atoms with E-state index in [1.807, 2.05) is 30.3 Å². The zero-order valence-electron chi connectivity index (χ0n) is 13.1. The van der Waals surface area contributed by atoms with E-state index in [0.29, 0.717) is 11.3 Å². The van der Waals surface area contributed by atoms with Crippen LogP contribution in [0.2, 0.25) is 0 Å². The third kappa shape index (κ3) is 1.79. The Morgan fingerprint density at radius 2 is 1.90 bits per heavy atom. The van der Waals surface area contributed by atoms with Crippen LogP contribution in [0.3, 0.4) is 0 Å². The second kappa shape index (κ2) is 4.34. The highest BCUT2D eigenvalue weighted by Crippen LogP contribution is 2.65. The molecule has 1 aromatic rings. The van der Waals surface area contributed by atoms with Gasteiger partial charge in [-0.05, 0) is 42.6 Å².